The highest BCUT2D eigenvalue weighted by molar-refractivity contribution is 5.91. The van der Waals surface area contributed by atoms with E-state index >= 15 is 0 Å². The van der Waals surface area contributed by atoms with Crippen molar-refractivity contribution in [2.45, 2.75) is 0 Å². The first kappa shape index (κ1) is 13.7. The number of benzene rings is 1. The van der Waals surface area contributed by atoms with Gasteiger partial charge in [0.1, 0.15) is 17.1 Å². The number of pyridine rings is 1. The fraction of sp³-hybridized carbons (Fsp3) is 0.143. The number of carboxylic acid groups (broad SMARTS) is 1. The maximum absolute atomic E-state index is 11.2. The Morgan fingerprint density at radius 2 is 1.95 bits per heavy atom. The van der Waals surface area contributed by atoms with Crippen molar-refractivity contribution in [1.82, 2.24) is 4.98 Å². The molecule has 0 saturated carbocycles. The highest BCUT2D eigenvalue weighted by Crippen LogP contribution is 2.32. The van der Waals surface area contributed by atoms with Gasteiger partial charge in [-0.2, -0.15) is 0 Å². The summed E-state index contributed by atoms with van der Waals surface area (Å²) in [6.45, 7) is 0. The molecule has 0 aliphatic carbocycles. The van der Waals surface area contributed by atoms with Crippen LogP contribution in [0.15, 0.2) is 36.5 Å². The third-order valence-electron chi connectivity index (χ3n) is 2.58. The Morgan fingerprint density at radius 1 is 1.15 bits per heavy atom. The van der Waals surface area contributed by atoms with Gasteiger partial charge in [-0.05, 0) is 30.3 Å². The minimum atomic E-state index is -1.12. The molecule has 1 aromatic carbocycles. The number of carbonyl (C=O) groups is 1. The normalized spacial score (nSPS) is 9.90. The van der Waals surface area contributed by atoms with Crippen molar-refractivity contribution < 1.29 is 24.1 Å². The molecule has 0 aliphatic heterocycles. The summed E-state index contributed by atoms with van der Waals surface area (Å²) in [5, 5.41) is 9.20. The van der Waals surface area contributed by atoms with E-state index < -0.39 is 5.97 Å². The number of nitrogens with zero attached hydrogens (tertiary/aromatic N) is 1. The Bertz CT molecular complexity index is 627. The third kappa shape index (κ3) is 2.80. The molecule has 0 fully saturated rings. The maximum atomic E-state index is 11.2. The topological polar surface area (TPSA) is 77.9 Å². The largest absolute Gasteiger partial charge is 0.497 e. The van der Waals surface area contributed by atoms with Crippen molar-refractivity contribution in [3.8, 4) is 23.1 Å². The second-order valence-corrected chi connectivity index (χ2v) is 3.78. The lowest BCUT2D eigenvalue weighted by Gasteiger charge is -2.11. The summed E-state index contributed by atoms with van der Waals surface area (Å²) in [6.07, 6.45) is 1.53. The summed E-state index contributed by atoms with van der Waals surface area (Å²) in [6, 6.07) is 7.87. The standard InChI is InChI=1S/C14H13NO5/c1-18-9-5-6-11(10(8-9)14(16)17)20-13-12(19-2)4-3-7-15-13/h3-8H,1-2H3,(H,16,17). The number of ether oxygens (including phenoxy) is 3. The van der Waals surface area contributed by atoms with Crippen LogP contribution in [0.2, 0.25) is 0 Å². The van der Waals surface area contributed by atoms with Crippen LogP contribution in [0.4, 0.5) is 0 Å². The Hall–Kier alpha value is -2.76. The lowest BCUT2D eigenvalue weighted by atomic mass is 10.2. The molecule has 0 amide bonds. The molecule has 0 aliphatic rings. The Morgan fingerprint density at radius 3 is 2.60 bits per heavy atom. The third-order valence-corrected chi connectivity index (χ3v) is 2.58. The van der Waals surface area contributed by atoms with Crippen LogP contribution in [0.5, 0.6) is 23.1 Å². The molecule has 0 spiro atoms. The molecule has 2 aromatic rings. The number of rotatable bonds is 5. The lowest BCUT2D eigenvalue weighted by molar-refractivity contribution is 0.0693. The van der Waals surface area contributed by atoms with E-state index in [0.29, 0.717) is 11.5 Å². The number of carboxylic acids is 1. The minimum Gasteiger partial charge on any atom is -0.497 e. The van der Waals surface area contributed by atoms with Crippen LogP contribution >= 0.6 is 0 Å². The lowest BCUT2D eigenvalue weighted by Crippen LogP contribution is -2.02. The zero-order valence-corrected chi connectivity index (χ0v) is 11.0. The minimum absolute atomic E-state index is 0.0166. The van der Waals surface area contributed by atoms with Gasteiger partial charge < -0.3 is 19.3 Å². The summed E-state index contributed by atoms with van der Waals surface area (Å²) < 4.78 is 15.6. The molecule has 0 radical (unpaired) electrons. The van der Waals surface area contributed by atoms with E-state index in [-0.39, 0.29) is 17.2 Å². The van der Waals surface area contributed by atoms with E-state index in [2.05, 4.69) is 4.98 Å². The van der Waals surface area contributed by atoms with Crippen LogP contribution in [0.3, 0.4) is 0 Å². The number of aromatic carboxylic acids is 1. The van der Waals surface area contributed by atoms with E-state index in [9.17, 15) is 9.90 Å². The molecule has 1 aromatic heterocycles. The van der Waals surface area contributed by atoms with Gasteiger partial charge in [-0.15, -0.1) is 0 Å². The molecular formula is C14H13NO5. The van der Waals surface area contributed by atoms with Crippen LogP contribution in [0, 0.1) is 0 Å². The van der Waals surface area contributed by atoms with Crippen LogP contribution in [-0.2, 0) is 0 Å². The fourth-order valence-corrected chi connectivity index (χ4v) is 1.60. The zero-order valence-electron chi connectivity index (χ0n) is 11.0. The van der Waals surface area contributed by atoms with Crippen LogP contribution in [0.1, 0.15) is 10.4 Å². The monoisotopic (exact) mass is 275 g/mol. The summed E-state index contributed by atoms with van der Waals surface area (Å²) in [5.41, 5.74) is -0.0166. The number of hydrogen-bond acceptors (Lipinski definition) is 5. The van der Waals surface area contributed by atoms with Crippen LogP contribution in [0.25, 0.3) is 0 Å². The van der Waals surface area contributed by atoms with Crippen molar-refractivity contribution >= 4 is 5.97 Å². The maximum Gasteiger partial charge on any atom is 0.339 e. The van der Waals surface area contributed by atoms with Gasteiger partial charge in [-0.1, -0.05) is 0 Å². The summed E-state index contributed by atoms with van der Waals surface area (Å²) >= 11 is 0. The zero-order chi connectivity index (χ0) is 14.5. The molecule has 0 unspecified atom stereocenters. The van der Waals surface area contributed by atoms with Crippen molar-refractivity contribution in [3.05, 3.63) is 42.1 Å². The summed E-state index contributed by atoms with van der Waals surface area (Å²) in [7, 11) is 2.94. The van der Waals surface area contributed by atoms with E-state index in [1.165, 1.54) is 32.5 Å². The first-order valence-corrected chi connectivity index (χ1v) is 5.74. The van der Waals surface area contributed by atoms with Gasteiger partial charge in [0, 0.05) is 6.20 Å². The number of methoxy groups -OCH3 is 2. The Kier molecular flexibility index (Phi) is 4.05. The van der Waals surface area contributed by atoms with Crippen molar-refractivity contribution in [3.63, 3.8) is 0 Å². The average Bonchev–Trinajstić information content (AvgIpc) is 2.48. The Labute approximate surface area is 115 Å². The van der Waals surface area contributed by atoms with Gasteiger partial charge in [0.05, 0.1) is 14.2 Å². The molecule has 6 heteroatoms. The van der Waals surface area contributed by atoms with Crippen molar-refractivity contribution in [2.75, 3.05) is 14.2 Å². The van der Waals surface area contributed by atoms with Gasteiger partial charge in [-0.25, -0.2) is 9.78 Å². The predicted molar refractivity (Wildman–Crippen MR) is 70.8 cm³/mol. The van der Waals surface area contributed by atoms with E-state index in [0.717, 1.165) is 0 Å². The van der Waals surface area contributed by atoms with Crippen molar-refractivity contribution in [2.24, 2.45) is 0 Å². The molecule has 0 bridgehead atoms. The van der Waals surface area contributed by atoms with Crippen molar-refractivity contribution in [1.29, 1.82) is 0 Å². The first-order valence-electron chi connectivity index (χ1n) is 5.74. The first-order chi connectivity index (χ1) is 9.65. The van der Waals surface area contributed by atoms with Gasteiger partial charge in [0.15, 0.2) is 5.75 Å². The quantitative estimate of drug-likeness (QED) is 0.903. The van der Waals surface area contributed by atoms with Gasteiger partial charge in [0.2, 0.25) is 0 Å². The Balaban J connectivity index is 2.40. The molecule has 1 N–H and O–H groups in total. The number of hydrogen-bond donors (Lipinski definition) is 1. The van der Waals surface area contributed by atoms with Crippen LogP contribution in [-0.4, -0.2) is 30.3 Å². The van der Waals surface area contributed by atoms with Crippen LogP contribution < -0.4 is 14.2 Å². The predicted octanol–water partition coefficient (Wildman–Crippen LogP) is 2.59. The molecule has 104 valence electrons. The molecule has 1 heterocycles. The molecule has 20 heavy (non-hydrogen) atoms. The second kappa shape index (κ2) is 5.92. The smallest absolute Gasteiger partial charge is 0.339 e. The van der Waals surface area contributed by atoms with Gasteiger partial charge in [0.25, 0.3) is 5.88 Å². The fourth-order valence-electron chi connectivity index (χ4n) is 1.60. The molecule has 0 atom stereocenters. The SMILES string of the molecule is COc1ccc(Oc2ncccc2OC)c(C(=O)O)c1. The van der Waals surface area contributed by atoms with E-state index in [1.807, 2.05) is 0 Å². The molecule has 0 saturated heterocycles. The van der Waals surface area contributed by atoms with Gasteiger partial charge >= 0.3 is 5.97 Å². The number of aromatic nitrogens is 1. The second-order valence-electron chi connectivity index (χ2n) is 3.78. The highest BCUT2D eigenvalue weighted by Gasteiger charge is 2.15. The molecular weight excluding hydrogens is 262 g/mol. The van der Waals surface area contributed by atoms with E-state index in [1.54, 1.807) is 18.2 Å². The average molecular weight is 275 g/mol. The summed E-state index contributed by atoms with van der Waals surface area (Å²) in [4.78, 5) is 15.3. The van der Waals surface area contributed by atoms with E-state index in [4.69, 9.17) is 14.2 Å². The molecule has 2 rings (SSSR count). The van der Waals surface area contributed by atoms with Gasteiger partial charge in [-0.3, -0.25) is 0 Å². The molecule has 6 nitrogen and oxygen atoms in total. The highest BCUT2D eigenvalue weighted by atomic mass is 16.5. The summed E-state index contributed by atoms with van der Waals surface area (Å²) in [5.74, 6) is 0.0918.